The van der Waals surface area contributed by atoms with Crippen LogP contribution in [0.25, 0.3) is 17.1 Å². The molecular weight excluding hydrogens is 358 g/mol. The number of hydrogen-bond donors (Lipinski definition) is 0. The first kappa shape index (κ1) is 12.1. The lowest BCUT2D eigenvalue weighted by Gasteiger charge is -2.04. The summed E-state index contributed by atoms with van der Waals surface area (Å²) in [6, 6.07) is 6.42. The Balaban J connectivity index is 2.25. The van der Waals surface area contributed by atoms with Gasteiger partial charge in [0.15, 0.2) is 0 Å². The zero-order valence-electron chi connectivity index (χ0n) is 9.78. The van der Waals surface area contributed by atoms with Crippen LogP contribution in [0.15, 0.2) is 45.1 Å². The molecule has 3 rings (SSSR count). The lowest BCUT2D eigenvalue weighted by atomic mass is 10.2. The smallest absolute Gasteiger partial charge is 0.116 e. The Morgan fingerprint density at radius 1 is 1.22 bits per heavy atom. The number of benzene rings is 1. The standard InChI is InChI=1S/C14H11Br2NO/c1-18-12-3-2-11-7-9-6-10(15)8-13(16)14(9)17(11)5-4-12/h3-8H,2H2,1H3. The van der Waals surface area contributed by atoms with Crippen LogP contribution >= 0.6 is 31.9 Å². The monoisotopic (exact) mass is 367 g/mol. The van der Waals surface area contributed by atoms with Gasteiger partial charge in [0.05, 0.1) is 12.6 Å². The summed E-state index contributed by atoms with van der Waals surface area (Å²) in [5, 5.41) is 1.23. The third-order valence-electron chi connectivity index (χ3n) is 3.07. The molecule has 0 bridgehead atoms. The maximum atomic E-state index is 5.27. The maximum Gasteiger partial charge on any atom is 0.116 e. The van der Waals surface area contributed by atoms with Crippen LogP contribution < -0.4 is 0 Å². The van der Waals surface area contributed by atoms with E-state index < -0.39 is 0 Å². The predicted octanol–water partition coefficient (Wildman–Crippen LogP) is 4.72. The molecule has 0 spiro atoms. The Morgan fingerprint density at radius 3 is 2.83 bits per heavy atom. The topological polar surface area (TPSA) is 14.2 Å². The average molecular weight is 369 g/mol. The molecule has 0 atom stereocenters. The lowest BCUT2D eigenvalue weighted by Crippen LogP contribution is -1.92. The van der Waals surface area contributed by atoms with E-state index in [1.807, 2.05) is 6.08 Å². The second-order valence-corrected chi connectivity index (χ2v) is 5.93. The van der Waals surface area contributed by atoms with Gasteiger partial charge in [0.2, 0.25) is 0 Å². The van der Waals surface area contributed by atoms with Gasteiger partial charge in [0, 0.05) is 32.6 Å². The number of fused-ring (bicyclic) bond motifs is 3. The fourth-order valence-electron chi connectivity index (χ4n) is 2.24. The molecule has 2 nitrogen and oxygen atoms in total. The van der Waals surface area contributed by atoms with Crippen molar-refractivity contribution in [2.24, 2.45) is 0 Å². The minimum absolute atomic E-state index is 0.870. The van der Waals surface area contributed by atoms with Gasteiger partial charge in [-0.15, -0.1) is 0 Å². The fourth-order valence-corrected chi connectivity index (χ4v) is 3.69. The largest absolute Gasteiger partial charge is 0.497 e. The molecule has 0 saturated carbocycles. The molecule has 0 unspecified atom stereocenters. The first-order valence-corrected chi connectivity index (χ1v) is 7.19. The quantitative estimate of drug-likeness (QED) is 0.710. The average Bonchev–Trinajstić information content (AvgIpc) is 2.55. The van der Waals surface area contributed by atoms with Crippen molar-refractivity contribution in [1.29, 1.82) is 0 Å². The molecule has 0 aliphatic carbocycles. The summed E-state index contributed by atoms with van der Waals surface area (Å²) in [5.41, 5.74) is 2.45. The number of allylic oxidation sites excluding steroid dienone is 2. The van der Waals surface area contributed by atoms with Crippen molar-refractivity contribution in [3.8, 4) is 0 Å². The number of methoxy groups -OCH3 is 1. The highest BCUT2D eigenvalue weighted by Crippen LogP contribution is 2.32. The van der Waals surface area contributed by atoms with E-state index in [1.54, 1.807) is 7.11 Å². The van der Waals surface area contributed by atoms with Crippen molar-refractivity contribution < 1.29 is 4.74 Å². The van der Waals surface area contributed by atoms with Crippen molar-refractivity contribution >= 4 is 49.0 Å². The third kappa shape index (κ3) is 1.93. The Morgan fingerprint density at radius 2 is 2.06 bits per heavy atom. The van der Waals surface area contributed by atoms with E-state index in [-0.39, 0.29) is 0 Å². The zero-order valence-corrected chi connectivity index (χ0v) is 13.0. The summed E-state index contributed by atoms with van der Waals surface area (Å²) >= 11 is 7.15. The zero-order chi connectivity index (χ0) is 12.7. The van der Waals surface area contributed by atoms with Crippen LogP contribution in [0.5, 0.6) is 0 Å². The van der Waals surface area contributed by atoms with Crippen molar-refractivity contribution in [2.45, 2.75) is 6.42 Å². The minimum Gasteiger partial charge on any atom is -0.497 e. The summed E-state index contributed by atoms with van der Waals surface area (Å²) in [7, 11) is 1.70. The molecule has 0 saturated heterocycles. The van der Waals surface area contributed by atoms with Gasteiger partial charge in [0.1, 0.15) is 5.76 Å². The van der Waals surface area contributed by atoms with Gasteiger partial charge >= 0.3 is 0 Å². The Bertz CT molecular complexity index is 683. The molecule has 92 valence electrons. The molecule has 1 aliphatic rings. The minimum atomic E-state index is 0.870. The van der Waals surface area contributed by atoms with Crippen molar-refractivity contribution in [2.75, 3.05) is 7.11 Å². The third-order valence-corrected chi connectivity index (χ3v) is 4.13. The van der Waals surface area contributed by atoms with Crippen LogP contribution in [0.3, 0.4) is 0 Å². The van der Waals surface area contributed by atoms with Crippen LogP contribution in [-0.2, 0) is 11.2 Å². The highest BCUT2D eigenvalue weighted by Gasteiger charge is 2.12. The summed E-state index contributed by atoms with van der Waals surface area (Å²) in [5.74, 6) is 0.903. The summed E-state index contributed by atoms with van der Waals surface area (Å²) < 4.78 is 9.65. The molecule has 1 aromatic carbocycles. The lowest BCUT2D eigenvalue weighted by molar-refractivity contribution is 0.306. The molecule has 1 aromatic heterocycles. The van der Waals surface area contributed by atoms with Gasteiger partial charge in [-0.05, 0) is 46.3 Å². The highest BCUT2D eigenvalue weighted by molar-refractivity contribution is 9.11. The molecule has 1 aliphatic heterocycles. The Kier molecular flexibility index (Phi) is 3.08. The summed E-state index contributed by atoms with van der Waals surface area (Å²) in [6.07, 6.45) is 7.01. The van der Waals surface area contributed by atoms with Gasteiger partial charge in [-0.25, -0.2) is 0 Å². The number of nitrogens with zero attached hydrogens (tertiary/aromatic N) is 1. The summed E-state index contributed by atoms with van der Waals surface area (Å²) in [4.78, 5) is 0. The molecule has 18 heavy (non-hydrogen) atoms. The van der Waals surface area contributed by atoms with Crippen LogP contribution in [0.1, 0.15) is 5.69 Å². The van der Waals surface area contributed by atoms with Crippen molar-refractivity contribution in [3.05, 3.63) is 50.7 Å². The van der Waals surface area contributed by atoms with Crippen LogP contribution in [0.2, 0.25) is 0 Å². The molecule has 4 heteroatoms. The van der Waals surface area contributed by atoms with Gasteiger partial charge in [-0.2, -0.15) is 0 Å². The van der Waals surface area contributed by atoms with E-state index in [2.05, 4.69) is 66.9 Å². The molecule has 0 radical (unpaired) electrons. The van der Waals surface area contributed by atoms with Crippen LogP contribution in [-0.4, -0.2) is 11.7 Å². The highest BCUT2D eigenvalue weighted by atomic mass is 79.9. The number of hydrogen-bond acceptors (Lipinski definition) is 1. The number of aromatic nitrogens is 1. The van der Waals surface area contributed by atoms with Crippen LogP contribution in [0.4, 0.5) is 0 Å². The number of rotatable bonds is 1. The second-order valence-electron chi connectivity index (χ2n) is 4.16. The fraction of sp³-hybridized carbons (Fsp3) is 0.143. The van der Waals surface area contributed by atoms with E-state index in [0.717, 1.165) is 21.1 Å². The molecule has 0 N–H and O–H groups in total. The van der Waals surface area contributed by atoms with Crippen LogP contribution in [0, 0.1) is 0 Å². The summed E-state index contributed by atoms with van der Waals surface area (Å²) in [6.45, 7) is 0. The molecular formula is C14H11Br2NO. The molecule has 2 heterocycles. The molecule has 0 fully saturated rings. The van der Waals surface area contributed by atoms with E-state index in [1.165, 1.54) is 16.6 Å². The SMILES string of the molecule is COC1=CCc2cc3cc(Br)cc(Br)c3n2C=C1. The number of ether oxygens (including phenoxy) is 1. The molecule has 0 amide bonds. The Labute approximate surface area is 122 Å². The van der Waals surface area contributed by atoms with Gasteiger partial charge < -0.3 is 9.30 Å². The van der Waals surface area contributed by atoms with E-state index in [9.17, 15) is 0 Å². The first-order chi connectivity index (χ1) is 8.69. The first-order valence-electron chi connectivity index (χ1n) is 5.60. The van der Waals surface area contributed by atoms with Crippen molar-refractivity contribution in [1.82, 2.24) is 4.57 Å². The Hall–Kier alpha value is -1.00. The maximum absolute atomic E-state index is 5.27. The van der Waals surface area contributed by atoms with E-state index in [0.29, 0.717) is 0 Å². The van der Waals surface area contributed by atoms with Crippen molar-refractivity contribution in [3.63, 3.8) is 0 Å². The molecule has 2 aromatic rings. The van der Waals surface area contributed by atoms with E-state index >= 15 is 0 Å². The predicted molar refractivity (Wildman–Crippen MR) is 81.5 cm³/mol. The van der Waals surface area contributed by atoms with E-state index in [4.69, 9.17) is 4.74 Å². The van der Waals surface area contributed by atoms with Gasteiger partial charge in [0.25, 0.3) is 0 Å². The van der Waals surface area contributed by atoms with Gasteiger partial charge in [-0.3, -0.25) is 0 Å². The second kappa shape index (κ2) is 4.59. The van der Waals surface area contributed by atoms with Gasteiger partial charge in [-0.1, -0.05) is 15.9 Å². The normalized spacial score (nSPS) is 14.3. The number of halogens is 2.